The number of benzene rings is 1. The normalized spacial score (nSPS) is 15.8. The van der Waals surface area contributed by atoms with Gasteiger partial charge in [-0.05, 0) is 31.4 Å². The lowest BCUT2D eigenvalue weighted by Crippen LogP contribution is -2.28. The van der Waals surface area contributed by atoms with E-state index in [1.165, 1.54) is 0 Å². The van der Waals surface area contributed by atoms with Crippen LogP contribution in [0.2, 0.25) is 0 Å². The van der Waals surface area contributed by atoms with E-state index >= 15 is 0 Å². The second-order valence-corrected chi connectivity index (χ2v) is 7.65. The van der Waals surface area contributed by atoms with Gasteiger partial charge in [0.05, 0.1) is 6.61 Å². The molecule has 1 aliphatic rings. The minimum atomic E-state index is -0.151. The van der Waals surface area contributed by atoms with Crippen molar-refractivity contribution in [3.05, 3.63) is 64.1 Å². The quantitative estimate of drug-likeness (QED) is 0.688. The molecule has 1 saturated carbocycles. The van der Waals surface area contributed by atoms with E-state index < -0.39 is 0 Å². The Kier molecular flexibility index (Phi) is 5.39. The van der Waals surface area contributed by atoms with Crippen molar-refractivity contribution < 1.29 is 5.11 Å². The summed E-state index contributed by atoms with van der Waals surface area (Å²) in [6.45, 7) is 1.85. The van der Waals surface area contributed by atoms with E-state index in [2.05, 4.69) is 15.3 Å². The molecule has 2 aromatic heterocycles. The second kappa shape index (κ2) is 8.10. The van der Waals surface area contributed by atoms with Crippen LogP contribution in [0.4, 0.5) is 5.95 Å². The van der Waals surface area contributed by atoms with Crippen LogP contribution in [0.1, 0.15) is 49.8 Å². The van der Waals surface area contributed by atoms with Crippen molar-refractivity contribution in [3.8, 4) is 0 Å². The SMILES string of the molecule is CC(CO)Nc1ncc2cc(Cc3ccccc3)c(=O)n(C3CCCC3)c2n1. The molecule has 0 aliphatic heterocycles. The van der Waals surface area contributed by atoms with Gasteiger partial charge in [-0.3, -0.25) is 9.36 Å². The Bertz CT molecular complexity index is 1010. The summed E-state index contributed by atoms with van der Waals surface area (Å²) in [7, 11) is 0. The highest BCUT2D eigenvalue weighted by atomic mass is 16.3. The molecule has 146 valence electrons. The smallest absolute Gasteiger partial charge is 0.256 e. The summed E-state index contributed by atoms with van der Waals surface area (Å²) < 4.78 is 1.89. The maximum absolute atomic E-state index is 13.4. The Labute approximate surface area is 164 Å². The molecule has 6 nitrogen and oxygen atoms in total. The summed E-state index contributed by atoms with van der Waals surface area (Å²) in [6, 6.07) is 12.0. The molecule has 1 atom stereocenters. The summed E-state index contributed by atoms with van der Waals surface area (Å²) in [6.07, 6.45) is 6.66. The van der Waals surface area contributed by atoms with Crippen molar-refractivity contribution in [1.29, 1.82) is 0 Å². The van der Waals surface area contributed by atoms with Crippen molar-refractivity contribution in [3.63, 3.8) is 0 Å². The van der Waals surface area contributed by atoms with Crippen molar-refractivity contribution in [2.75, 3.05) is 11.9 Å². The number of fused-ring (bicyclic) bond motifs is 1. The minimum absolute atomic E-state index is 0.00710. The van der Waals surface area contributed by atoms with E-state index in [4.69, 9.17) is 0 Å². The minimum Gasteiger partial charge on any atom is -0.394 e. The van der Waals surface area contributed by atoms with Crippen LogP contribution in [0, 0.1) is 0 Å². The van der Waals surface area contributed by atoms with Gasteiger partial charge in [-0.1, -0.05) is 43.2 Å². The summed E-state index contributed by atoms with van der Waals surface area (Å²) in [5.74, 6) is 0.441. The van der Waals surface area contributed by atoms with Crippen LogP contribution >= 0.6 is 0 Å². The van der Waals surface area contributed by atoms with Crippen molar-refractivity contribution in [2.24, 2.45) is 0 Å². The maximum atomic E-state index is 13.4. The molecule has 1 aliphatic carbocycles. The maximum Gasteiger partial charge on any atom is 0.256 e. The lowest BCUT2D eigenvalue weighted by Gasteiger charge is -2.19. The van der Waals surface area contributed by atoms with E-state index in [1.54, 1.807) is 6.20 Å². The van der Waals surface area contributed by atoms with Gasteiger partial charge in [0.25, 0.3) is 5.56 Å². The first kappa shape index (κ1) is 18.6. The number of nitrogens with one attached hydrogen (secondary N) is 1. The van der Waals surface area contributed by atoms with Gasteiger partial charge in [0.1, 0.15) is 5.65 Å². The summed E-state index contributed by atoms with van der Waals surface area (Å²) >= 11 is 0. The Hall–Kier alpha value is -2.73. The monoisotopic (exact) mass is 378 g/mol. The van der Waals surface area contributed by atoms with Crippen LogP contribution in [-0.4, -0.2) is 32.3 Å². The third-order valence-electron chi connectivity index (χ3n) is 5.42. The van der Waals surface area contributed by atoms with E-state index in [0.29, 0.717) is 18.0 Å². The summed E-state index contributed by atoms with van der Waals surface area (Å²) in [5.41, 5.74) is 2.62. The Morgan fingerprint density at radius 3 is 2.71 bits per heavy atom. The van der Waals surface area contributed by atoms with Gasteiger partial charge in [-0.15, -0.1) is 0 Å². The number of rotatable bonds is 6. The highest BCUT2D eigenvalue weighted by molar-refractivity contribution is 5.76. The topological polar surface area (TPSA) is 80.0 Å². The lowest BCUT2D eigenvalue weighted by atomic mass is 10.0. The molecule has 28 heavy (non-hydrogen) atoms. The average molecular weight is 378 g/mol. The fourth-order valence-electron chi connectivity index (χ4n) is 3.96. The molecule has 2 heterocycles. The van der Waals surface area contributed by atoms with Gasteiger partial charge in [0.2, 0.25) is 5.95 Å². The van der Waals surface area contributed by atoms with Gasteiger partial charge in [0, 0.05) is 35.7 Å². The van der Waals surface area contributed by atoms with Gasteiger partial charge in [-0.25, -0.2) is 4.98 Å². The highest BCUT2D eigenvalue weighted by Gasteiger charge is 2.23. The van der Waals surface area contributed by atoms with Crippen LogP contribution in [0.25, 0.3) is 11.0 Å². The summed E-state index contributed by atoms with van der Waals surface area (Å²) in [4.78, 5) is 22.4. The van der Waals surface area contributed by atoms with E-state index in [-0.39, 0.29) is 24.2 Å². The van der Waals surface area contributed by atoms with Crippen molar-refractivity contribution in [1.82, 2.24) is 14.5 Å². The predicted molar refractivity (Wildman–Crippen MR) is 111 cm³/mol. The zero-order chi connectivity index (χ0) is 19.5. The number of pyridine rings is 1. The van der Waals surface area contributed by atoms with E-state index in [1.807, 2.05) is 47.9 Å². The van der Waals surface area contributed by atoms with Crippen molar-refractivity contribution in [2.45, 2.75) is 51.1 Å². The first-order chi connectivity index (χ1) is 13.7. The molecule has 0 bridgehead atoms. The third-order valence-corrected chi connectivity index (χ3v) is 5.42. The van der Waals surface area contributed by atoms with Crippen LogP contribution in [0.5, 0.6) is 0 Å². The molecule has 1 aromatic carbocycles. The standard InChI is InChI=1S/C22H26N4O2/c1-15(14-27)24-22-23-13-18-12-17(11-16-7-3-2-4-8-16)21(28)26(20(18)25-22)19-9-5-6-10-19/h2-4,7-8,12-13,15,19,27H,5-6,9-11,14H2,1H3,(H,23,24,25). The average Bonchev–Trinajstić information content (AvgIpc) is 3.24. The molecule has 4 rings (SSSR count). The largest absolute Gasteiger partial charge is 0.394 e. The van der Waals surface area contributed by atoms with E-state index in [9.17, 15) is 9.90 Å². The zero-order valence-corrected chi connectivity index (χ0v) is 16.1. The molecule has 1 fully saturated rings. The van der Waals surface area contributed by atoms with Gasteiger partial charge < -0.3 is 10.4 Å². The van der Waals surface area contributed by atoms with Crippen molar-refractivity contribution >= 4 is 17.0 Å². The number of aromatic nitrogens is 3. The predicted octanol–water partition coefficient (Wildman–Crippen LogP) is 3.29. The van der Waals surface area contributed by atoms with Crippen LogP contribution < -0.4 is 10.9 Å². The van der Waals surface area contributed by atoms with Crippen LogP contribution in [-0.2, 0) is 6.42 Å². The number of aliphatic hydroxyl groups excluding tert-OH is 1. The fraction of sp³-hybridized carbons (Fsp3) is 0.409. The van der Waals surface area contributed by atoms with Gasteiger partial charge in [-0.2, -0.15) is 4.98 Å². The van der Waals surface area contributed by atoms with Gasteiger partial charge in [0.15, 0.2) is 0 Å². The molecule has 3 aromatic rings. The second-order valence-electron chi connectivity index (χ2n) is 7.65. The zero-order valence-electron chi connectivity index (χ0n) is 16.1. The Morgan fingerprint density at radius 2 is 2.00 bits per heavy atom. The summed E-state index contributed by atoms with van der Waals surface area (Å²) in [5, 5.41) is 13.2. The van der Waals surface area contributed by atoms with Gasteiger partial charge >= 0.3 is 0 Å². The molecule has 2 N–H and O–H groups in total. The van der Waals surface area contributed by atoms with E-state index in [0.717, 1.165) is 42.2 Å². The van der Waals surface area contributed by atoms with Crippen LogP contribution in [0.15, 0.2) is 47.4 Å². The molecule has 0 spiro atoms. The lowest BCUT2D eigenvalue weighted by molar-refractivity contribution is 0.281. The molecule has 0 amide bonds. The molecule has 1 unspecified atom stereocenters. The first-order valence-corrected chi connectivity index (χ1v) is 9.98. The molecule has 0 saturated heterocycles. The number of nitrogens with zero attached hydrogens (tertiary/aromatic N) is 3. The third kappa shape index (κ3) is 3.78. The Balaban J connectivity index is 1.83. The fourth-order valence-corrected chi connectivity index (χ4v) is 3.96. The number of aliphatic hydroxyl groups is 1. The highest BCUT2D eigenvalue weighted by Crippen LogP contribution is 2.31. The number of hydrogen-bond donors (Lipinski definition) is 2. The molecular weight excluding hydrogens is 352 g/mol. The van der Waals surface area contributed by atoms with Crippen LogP contribution in [0.3, 0.4) is 0 Å². The first-order valence-electron chi connectivity index (χ1n) is 9.98. The number of hydrogen-bond acceptors (Lipinski definition) is 5. The Morgan fingerprint density at radius 1 is 1.25 bits per heavy atom. The number of anilines is 1. The molecule has 0 radical (unpaired) electrons. The molecule has 6 heteroatoms. The molecular formula is C22H26N4O2.